The van der Waals surface area contributed by atoms with Crippen LogP contribution in [0.4, 0.5) is 5.69 Å². The van der Waals surface area contributed by atoms with Crippen LogP contribution >= 0.6 is 0 Å². The van der Waals surface area contributed by atoms with E-state index in [1.807, 2.05) is 68.6 Å². The first kappa shape index (κ1) is 19.1. The zero-order chi connectivity index (χ0) is 21.5. The molecule has 1 aliphatic heterocycles. The molecule has 2 amide bonds. The Kier molecular flexibility index (Phi) is 4.55. The highest BCUT2D eigenvalue weighted by atomic mass is 16.2. The first-order valence-corrected chi connectivity index (χ1v) is 10.2. The second-order valence-electron chi connectivity index (χ2n) is 8.01. The van der Waals surface area contributed by atoms with Crippen molar-refractivity contribution in [2.24, 2.45) is 0 Å². The van der Waals surface area contributed by atoms with E-state index in [9.17, 15) is 9.59 Å². The van der Waals surface area contributed by atoms with Crippen LogP contribution in [0.3, 0.4) is 0 Å². The third kappa shape index (κ3) is 3.57. The zero-order valence-electron chi connectivity index (χ0n) is 17.4. The van der Waals surface area contributed by atoms with Crippen molar-refractivity contribution in [3.8, 4) is 0 Å². The molecule has 6 nitrogen and oxygen atoms in total. The smallest absolute Gasteiger partial charge is 0.272 e. The normalized spacial score (nSPS) is 12.8. The molecule has 2 aromatic heterocycles. The van der Waals surface area contributed by atoms with Crippen LogP contribution in [0.25, 0.3) is 10.9 Å². The average molecular weight is 410 g/mol. The monoisotopic (exact) mass is 410 g/mol. The summed E-state index contributed by atoms with van der Waals surface area (Å²) in [5, 5.41) is 3.93. The molecule has 4 aromatic rings. The lowest BCUT2D eigenvalue weighted by Crippen LogP contribution is -2.25. The molecule has 2 N–H and O–H groups in total. The predicted octanol–water partition coefficient (Wildman–Crippen LogP) is 4.59. The molecule has 0 saturated carbocycles. The van der Waals surface area contributed by atoms with E-state index in [1.54, 1.807) is 11.0 Å². The van der Waals surface area contributed by atoms with E-state index < -0.39 is 0 Å². The Labute approximate surface area is 179 Å². The van der Waals surface area contributed by atoms with Gasteiger partial charge in [0.15, 0.2) is 0 Å². The summed E-state index contributed by atoms with van der Waals surface area (Å²) in [5.41, 5.74) is 6.63. The lowest BCUT2D eigenvalue weighted by Gasteiger charge is -2.17. The zero-order valence-corrected chi connectivity index (χ0v) is 17.4. The van der Waals surface area contributed by atoms with Gasteiger partial charge in [-0.1, -0.05) is 24.3 Å². The molecule has 154 valence electrons. The Morgan fingerprint density at radius 2 is 1.81 bits per heavy atom. The van der Waals surface area contributed by atoms with Gasteiger partial charge in [-0.3, -0.25) is 14.6 Å². The Morgan fingerprint density at radius 1 is 1.00 bits per heavy atom. The molecule has 0 atom stereocenters. The maximum Gasteiger partial charge on any atom is 0.272 e. The standard InChI is InChI=1S/C25H22N4O2/c1-15-7-8-18(25(31)29-13-19-9-16(2)26-12-20(19)14-29)11-22(15)28-24(30)23-10-17-5-3-4-6-21(17)27-23/h3-12,27H,13-14H2,1-2H3,(H,28,30). The van der Waals surface area contributed by atoms with Crippen molar-refractivity contribution in [3.63, 3.8) is 0 Å². The number of amides is 2. The first-order valence-electron chi connectivity index (χ1n) is 10.2. The first-order chi connectivity index (χ1) is 15.0. The van der Waals surface area contributed by atoms with Crippen LogP contribution < -0.4 is 5.32 Å². The molecule has 0 radical (unpaired) electrons. The van der Waals surface area contributed by atoms with E-state index in [4.69, 9.17) is 0 Å². The number of fused-ring (bicyclic) bond motifs is 2. The molecule has 2 aromatic carbocycles. The van der Waals surface area contributed by atoms with Gasteiger partial charge in [-0.25, -0.2) is 0 Å². The molecular formula is C25H22N4O2. The van der Waals surface area contributed by atoms with Crippen molar-refractivity contribution in [2.75, 3.05) is 5.32 Å². The molecule has 31 heavy (non-hydrogen) atoms. The van der Waals surface area contributed by atoms with Gasteiger partial charge in [-0.2, -0.15) is 0 Å². The number of para-hydroxylation sites is 1. The largest absolute Gasteiger partial charge is 0.351 e. The van der Waals surface area contributed by atoms with E-state index in [-0.39, 0.29) is 11.8 Å². The van der Waals surface area contributed by atoms with Gasteiger partial charge in [0, 0.05) is 47.1 Å². The lowest BCUT2D eigenvalue weighted by atomic mass is 10.1. The maximum atomic E-state index is 13.1. The summed E-state index contributed by atoms with van der Waals surface area (Å²) in [7, 11) is 0. The van der Waals surface area contributed by atoms with Gasteiger partial charge in [-0.15, -0.1) is 0 Å². The highest BCUT2D eigenvalue weighted by Gasteiger charge is 2.25. The quantitative estimate of drug-likeness (QED) is 0.519. The van der Waals surface area contributed by atoms with E-state index >= 15 is 0 Å². The number of hydrogen-bond donors (Lipinski definition) is 2. The topological polar surface area (TPSA) is 78.1 Å². The Hall–Kier alpha value is -3.93. The maximum absolute atomic E-state index is 13.1. The van der Waals surface area contributed by atoms with Crippen molar-refractivity contribution in [1.82, 2.24) is 14.9 Å². The van der Waals surface area contributed by atoms with Crippen LogP contribution in [0, 0.1) is 13.8 Å². The number of carbonyl (C=O) groups is 2. The van der Waals surface area contributed by atoms with Gasteiger partial charge in [0.2, 0.25) is 0 Å². The Balaban J connectivity index is 1.36. The van der Waals surface area contributed by atoms with Crippen LogP contribution in [0.15, 0.2) is 60.8 Å². The summed E-state index contributed by atoms with van der Waals surface area (Å²) in [6.07, 6.45) is 1.85. The second kappa shape index (κ2) is 7.40. The molecule has 5 rings (SSSR count). The van der Waals surface area contributed by atoms with E-state index in [0.717, 1.165) is 33.3 Å². The number of anilines is 1. The molecule has 0 spiro atoms. The number of nitrogens with zero attached hydrogens (tertiary/aromatic N) is 2. The third-order valence-corrected chi connectivity index (χ3v) is 5.74. The molecule has 6 heteroatoms. The molecule has 3 heterocycles. The summed E-state index contributed by atoms with van der Waals surface area (Å²) in [6, 6.07) is 17.0. The SMILES string of the molecule is Cc1cc2c(cn1)CN(C(=O)c1ccc(C)c(NC(=O)c3cc4ccccc4[nH]3)c1)C2. The van der Waals surface area contributed by atoms with Crippen molar-refractivity contribution in [2.45, 2.75) is 26.9 Å². The summed E-state index contributed by atoms with van der Waals surface area (Å²) in [4.78, 5) is 35.2. The van der Waals surface area contributed by atoms with Gasteiger partial charge in [0.05, 0.1) is 0 Å². The van der Waals surface area contributed by atoms with Crippen LogP contribution in [0.1, 0.15) is 43.2 Å². The van der Waals surface area contributed by atoms with E-state index in [1.165, 1.54) is 0 Å². The highest BCUT2D eigenvalue weighted by Crippen LogP contribution is 2.26. The highest BCUT2D eigenvalue weighted by molar-refractivity contribution is 6.07. The molecule has 0 bridgehead atoms. The van der Waals surface area contributed by atoms with Crippen LogP contribution in [0.2, 0.25) is 0 Å². The van der Waals surface area contributed by atoms with Crippen LogP contribution in [0.5, 0.6) is 0 Å². The number of nitrogens with one attached hydrogen (secondary N) is 2. The Morgan fingerprint density at radius 3 is 2.65 bits per heavy atom. The van der Waals surface area contributed by atoms with Crippen LogP contribution in [-0.2, 0) is 13.1 Å². The molecule has 0 fully saturated rings. The number of hydrogen-bond acceptors (Lipinski definition) is 3. The number of rotatable bonds is 3. The number of pyridine rings is 1. The summed E-state index contributed by atoms with van der Waals surface area (Å²) >= 11 is 0. The number of aryl methyl sites for hydroxylation is 2. The van der Waals surface area contributed by atoms with E-state index in [0.29, 0.717) is 30.0 Å². The minimum Gasteiger partial charge on any atom is -0.351 e. The third-order valence-electron chi connectivity index (χ3n) is 5.74. The molecule has 0 saturated heterocycles. The molecular weight excluding hydrogens is 388 g/mol. The van der Waals surface area contributed by atoms with Gasteiger partial charge < -0.3 is 15.2 Å². The fraction of sp³-hybridized carbons (Fsp3) is 0.160. The number of benzene rings is 2. The summed E-state index contributed by atoms with van der Waals surface area (Å²) in [5.74, 6) is -0.297. The van der Waals surface area contributed by atoms with E-state index in [2.05, 4.69) is 15.3 Å². The van der Waals surface area contributed by atoms with Gasteiger partial charge in [0.1, 0.15) is 5.69 Å². The predicted molar refractivity (Wildman–Crippen MR) is 120 cm³/mol. The molecule has 1 aliphatic rings. The van der Waals surface area contributed by atoms with Crippen molar-refractivity contribution >= 4 is 28.4 Å². The number of H-pyrrole nitrogens is 1. The fourth-order valence-corrected chi connectivity index (χ4v) is 4.00. The number of aromatic amines is 1. The van der Waals surface area contributed by atoms with Gasteiger partial charge in [-0.05, 0) is 60.9 Å². The Bertz CT molecular complexity index is 1310. The number of aromatic nitrogens is 2. The fourth-order valence-electron chi connectivity index (χ4n) is 4.00. The number of carbonyl (C=O) groups excluding carboxylic acids is 2. The summed E-state index contributed by atoms with van der Waals surface area (Å²) < 4.78 is 0. The average Bonchev–Trinajstić information content (AvgIpc) is 3.38. The lowest BCUT2D eigenvalue weighted by molar-refractivity contribution is 0.0751. The molecule has 0 aliphatic carbocycles. The van der Waals surface area contributed by atoms with Crippen LogP contribution in [-0.4, -0.2) is 26.7 Å². The second-order valence-corrected chi connectivity index (χ2v) is 8.01. The van der Waals surface area contributed by atoms with Gasteiger partial charge >= 0.3 is 0 Å². The van der Waals surface area contributed by atoms with Gasteiger partial charge in [0.25, 0.3) is 11.8 Å². The van der Waals surface area contributed by atoms with Crippen molar-refractivity contribution < 1.29 is 9.59 Å². The minimum atomic E-state index is -0.237. The van der Waals surface area contributed by atoms with Crippen molar-refractivity contribution in [3.05, 3.63) is 94.4 Å². The molecule has 0 unspecified atom stereocenters. The summed E-state index contributed by atoms with van der Waals surface area (Å²) in [6.45, 7) is 4.98. The minimum absolute atomic E-state index is 0.0602. The van der Waals surface area contributed by atoms with Crippen molar-refractivity contribution in [1.29, 1.82) is 0 Å².